The number of phenolic OH excluding ortho intramolecular Hbond substituents is 1. The molecule has 1 amide bonds. The number of ether oxygens (including phenoxy) is 12. The molecule has 740 valence electrons. The Hall–Kier alpha value is -14.9. The van der Waals surface area contributed by atoms with E-state index in [2.05, 4.69) is 10.00 Å². The number of rotatable bonds is 19. The SMILES string of the molecule is CC(C)(C)OC(=O)N1CCN(CCOc2ccc3c(c2)cc(-c2nn(C(=O)OC(C)(C)C)c4ccc(OCc5ccccc5)cc24)n3C(=O)OC(C)(C)C)CC1.CC(C)(C)OC(=O)n1nc(-c2cc3cc(O)ccc3n2C(=O)OC(C)(C)C)c2cc(OCc3ccccc3)ccc21.CC(C)(C)OC(=O)n1nc(-c2cc3cc(OCCCl)ccc3n2C(=O)OC(C)(C)C)c2cc(OCc3ccccc3)ccc21. The zero-order chi connectivity index (χ0) is 102. The first-order valence-corrected chi connectivity index (χ1v) is 47.2. The normalized spacial score (nSPS) is 12.9. The molecule has 32 heteroatoms. The number of phenols is 1. The number of benzene rings is 9. The first-order chi connectivity index (χ1) is 66.4. The monoisotopic (exact) mass is 1940 g/mol. The van der Waals surface area contributed by atoms with Gasteiger partial charge in [-0.2, -0.15) is 29.3 Å². The summed E-state index contributed by atoms with van der Waals surface area (Å²) >= 11 is 5.83. The lowest BCUT2D eigenvalue weighted by atomic mass is 10.1. The molecule has 6 aromatic heterocycles. The van der Waals surface area contributed by atoms with Crippen LogP contribution in [0.1, 0.15) is 162 Å². The van der Waals surface area contributed by atoms with Crippen LogP contribution in [0, 0.1) is 0 Å². The van der Waals surface area contributed by atoms with Crippen molar-refractivity contribution < 1.29 is 95.5 Å². The van der Waals surface area contributed by atoms with E-state index in [1.54, 1.807) is 182 Å². The highest BCUT2D eigenvalue weighted by Gasteiger charge is 2.35. The maximum atomic E-state index is 14.0. The fourth-order valence-electron chi connectivity index (χ4n) is 15.4. The summed E-state index contributed by atoms with van der Waals surface area (Å²) in [6.45, 7) is 42.9. The molecule has 1 N–H and O–H groups in total. The third-order valence-electron chi connectivity index (χ3n) is 21.2. The molecule has 9 aromatic carbocycles. The second-order valence-electron chi connectivity index (χ2n) is 41.0. The highest BCUT2D eigenvalue weighted by atomic mass is 35.5. The number of nitrogens with zero attached hydrogens (tertiary/aromatic N) is 11. The van der Waals surface area contributed by atoms with Gasteiger partial charge in [0.25, 0.3) is 0 Å². The average Bonchev–Trinajstić information content (AvgIpc) is 1.59. The molecule has 0 spiro atoms. The summed E-state index contributed by atoms with van der Waals surface area (Å²) in [6.07, 6.45) is -4.07. The van der Waals surface area contributed by atoms with Crippen molar-refractivity contribution in [3.63, 3.8) is 0 Å². The van der Waals surface area contributed by atoms with Gasteiger partial charge < -0.3 is 66.8 Å². The van der Waals surface area contributed by atoms with Crippen molar-refractivity contribution in [1.29, 1.82) is 0 Å². The number of alkyl halides is 1. The van der Waals surface area contributed by atoms with Gasteiger partial charge in [-0.3, -0.25) is 4.90 Å². The molecule has 0 atom stereocenters. The molecular weight excluding hydrogens is 1820 g/mol. The molecule has 0 aliphatic carbocycles. The lowest BCUT2D eigenvalue weighted by Gasteiger charge is -2.35. The maximum absolute atomic E-state index is 14.0. The van der Waals surface area contributed by atoms with Gasteiger partial charge >= 0.3 is 42.7 Å². The lowest BCUT2D eigenvalue weighted by Crippen LogP contribution is -2.50. The Kier molecular flexibility index (Phi) is 30.2. The van der Waals surface area contributed by atoms with E-state index in [1.807, 2.05) is 181 Å². The minimum atomic E-state index is -0.789. The summed E-state index contributed by atoms with van der Waals surface area (Å²) in [6, 6.07) is 66.4. The summed E-state index contributed by atoms with van der Waals surface area (Å²) in [5, 5.41) is 28.1. The quantitative estimate of drug-likeness (QED) is 0.0580. The van der Waals surface area contributed by atoms with Gasteiger partial charge in [0, 0.05) is 65.0 Å². The van der Waals surface area contributed by atoms with Crippen LogP contribution in [0.3, 0.4) is 0 Å². The fourth-order valence-corrected chi connectivity index (χ4v) is 15.5. The van der Waals surface area contributed by atoms with Gasteiger partial charge in [-0.25, -0.2) is 47.3 Å². The van der Waals surface area contributed by atoms with Crippen LogP contribution in [0.2, 0.25) is 0 Å². The molecule has 15 aromatic rings. The molecular formula is C109H122ClN11O20. The highest BCUT2D eigenvalue weighted by Crippen LogP contribution is 2.42. The second kappa shape index (κ2) is 41.7. The molecule has 7 heterocycles. The van der Waals surface area contributed by atoms with Gasteiger partial charge in [-0.15, -0.1) is 11.6 Å². The van der Waals surface area contributed by atoms with Crippen molar-refractivity contribution in [3.8, 4) is 68.7 Å². The zero-order valence-electron chi connectivity index (χ0n) is 83.6. The number of fused-ring (bicyclic) bond motifs is 6. The van der Waals surface area contributed by atoms with Crippen molar-refractivity contribution in [1.82, 2.24) is 52.8 Å². The molecule has 0 bridgehead atoms. The van der Waals surface area contributed by atoms with Gasteiger partial charge in [-0.05, 0) is 289 Å². The predicted octanol–water partition coefficient (Wildman–Crippen LogP) is 24.7. The van der Waals surface area contributed by atoms with Crippen molar-refractivity contribution in [3.05, 3.63) is 235 Å². The van der Waals surface area contributed by atoms with Crippen molar-refractivity contribution in [2.45, 2.75) is 204 Å². The smallest absolute Gasteiger partial charge is 0.435 e. The Morgan fingerprint density at radius 3 is 0.872 bits per heavy atom. The number of carbonyl (C=O) groups excluding carboxylic acids is 7. The van der Waals surface area contributed by atoms with Crippen LogP contribution in [0.15, 0.2) is 218 Å². The summed E-state index contributed by atoms with van der Waals surface area (Å²) in [5.74, 6) is 3.31. The summed E-state index contributed by atoms with van der Waals surface area (Å²) < 4.78 is 78.3. The number of halogens is 1. The van der Waals surface area contributed by atoms with Crippen LogP contribution in [-0.4, -0.2) is 192 Å². The first-order valence-electron chi connectivity index (χ1n) is 46.6. The predicted molar refractivity (Wildman–Crippen MR) is 542 cm³/mol. The van der Waals surface area contributed by atoms with E-state index >= 15 is 0 Å². The van der Waals surface area contributed by atoms with Crippen LogP contribution in [0.4, 0.5) is 33.6 Å². The molecule has 31 nitrogen and oxygen atoms in total. The number of hydrogen-bond acceptors (Lipinski definition) is 24. The number of carbonyl (C=O) groups is 7. The van der Waals surface area contributed by atoms with Crippen LogP contribution in [0.25, 0.3) is 99.6 Å². The Bertz CT molecular complexity index is 7100. The average molecular weight is 1940 g/mol. The molecule has 1 fully saturated rings. The van der Waals surface area contributed by atoms with Crippen molar-refractivity contribution in [2.24, 2.45) is 0 Å². The largest absolute Gasteiger partial charge is 0.508 e. The Morgan fingerprint density at radius 1 is 0.298 bits per heavy atom. The molecule has 141 heavy (non-hydrogen) atoms. The molecule has 1 saturated heterocycles. The van der Waals surface area contributed by atoms with Crippen molar-refractivity contribution >= 4 is 120 Å². The standard InChI is InChI=1S/C43H53N5O8.C34H36ClN3O6.C32H33N3O6/c1-41(2,3)54-38(49)46-21-19-45(20-22-46)23-24-52-31-15-17-34-30(25-31)26-36(47(34)39(50)55-42(4,5)6)37-33-27-32(53-28-29-13-11-10-12-14-29)16-18-35(33)48(44-37)40(51)56-43(7,8)9;1-33(2,3)43-31(39)37-27-14-12-24(41-17-16-35)18-23(27)19-29(37)30-26-20-25(42-21-22-10-8-7-9-11-22)13-15-28(26)38(36-30)32(40)44-34(4,5)6;1-31(2,3)40-29(37)34-25-14-12-22(36)16-21(25)17-27(34)28-24-18-23(39-19-20-10-8-7-9-11-20)13-15-26(24)35(33-28)30(38)41-32(4,5)6/h10-18,25-27H,19-24,28H2,1-9H3;7-15,18-20H,16-17,21H2,1-6H3;7-18,36H,19H2,1-6H3. The van der Waals surface area contributed by atoms with E-state index < -0.39 is 75.8 Å². The van der Waals surface area contributed by atoms with Gasteiger partial charge in [-0.1, -0.05) is 91.0 Å². The Balaban J connectivity index is 0.000000171. The maximum Gasteiger partial charge on any atom is 0.435 e. The van der Waals surface area contributed by atoms with Gasteiger partial charge in [0.1, 0.15) is 124 Å². The number of amides is 1. The zero-order valence-corrected chi connectivity index (χ0v) is 84.3. The van der Waals surface area contributed by atoms with E-state index in [4.69, 9.17) is 78.6 Å². The number of aromatic hydroxyl groups is 1. The molecule has 16 rings (SSSR count). The van der Waals surface area contributed by atoms with Crippen LogP contribution in [-0.2, 0) is 53.0 Å². The summed E-state index contributed by atoms with van der Waals surface area (Å²) in [5.41, 5.74) is 3.34. The van der Waals surface area contributed by atoms with Gasteiger partial charge in [0.15, 0.2) is 0 Å². The van der Waals surface area contributed by atoms with Crippen LogP contribution < -0.4 is 23.7 Å². The van der Waals surface area contributed by atoms with Gasteiger partial charge in [0.05, 0.1) is 56.1 Å². The third-order valence-corrected chi connectivity index (χ3v) is 21.4. The second-order valence-corrected chi connectivity index (χ2v) is 41.4. The first kappa shape index (κ1) is 102. The molecule has 0 saturated carbocycles. The lowest BCUT2D eigenvalue weighted by molar-refractivity contribution is 0.0135. The van der Waals surface area contributed by atoms with Crippen LogP contribution in [0.5, 0.6) is 34.5 Å². The Morgan fingerprint density at radius 2 is 0.567 bits per heavy atom. The van der Waals surface area contributed by atoms with E-state index in [1.165, 1.54) is 33.8 Å². The molecule has 0 radical (unpaired) electrons. The van der Waals surface area contributed by atoms with Gasteiger partial charge in [0.2, 0.25) is 0 Å². The van der Waals surface area contributed by atoms with E-state index in [0.29, 0.717) is 195 Å². The minimum absolute atomic E-state index is 0.0473. The number of hydrogen-bond donors (Lipinski definition) is 1. The van der Waals surface area contributed by atoms with Crippen molar-refractivity contribution in [2.75, 3.05) is 51.8 Å². The number of aromatic nitrogens is 9. The Labute approximate surface area is 823 Å². The molecule has 0 unspecified atom stereocenters. The van der Waals surface area contributed by atoms with E-state index in [-0.39, 0.29) is 11.8 Å². The molecule has 1 aliphatic heterocycles. The van der Waals surface area contributed by atoms with Crippen LogP contribution >= 0.6 is 11.6 Å². The van der Waals surface area contributed by atoms with E-state index in [0.717, 1.165) is 22.1 Å². The number of piperazine rings is 1. The molecule has 1 aliphatic rings. The third kappa shape index (κ3) is 26.2. The minimum Gasteiger partial charge on any atom is -0.508 e. The highest BCUT2D eigenvalue weighted by molar-refractivity contribution is 6.18. The fraction of sp³-hybridized carbons (Fsp3) is 0.358. The summed E-state index contributed by atoms with van der Waals surface area (Å²) in [7, 11) is 0. The summed E-state index contributed by atoms with van der Waals surface area (Å²) in [4.78, 5) is 97.9. The van der Waals surface area contributed by atoms with E-state index in [9.17, 15) is 38.7 Å². The topological polar surface area (TPSA) is 325 Å².